The van der Waals surface area contributed by atoms with E-state index in [0.717, 1.165) is 6.26 Å². The fourth-order valence-electron chi connectivity index (χ4n) is 1.42. The predicted octanol–water partition coefficient (Wildman–Crippen LogP) is 0.974. The molecule has 18 heavy (non-hydrogen) atoms. The lowest BCUT2D eigenvalue weighted by Crippen LogP contribution is -2.00. The molecule has 2 rings (SSSR count). The van der Waals surface area contributed by atoms with E-state index in [1.54, 1.807) is 12.1 Å². The second kappa shape index (κ2) is 4.26. The van der Waals surface area contributed by atoms with Crippen LogP contribution < -0.4 is 0 Å². The molecule has 0 aliphatic rings. The van der Waals surface area contributed by atoms with Crippen molar-refractivity contribution in [1.29, 1.82) is 0 Å². The van der Waals surface area contributed by atoms with Crippen molar-refractivity contribution in [1.82, 2.24) is 9.78 Å². The van der Waals surface area contributed by atoms with Gasteiger partial charge in [-0.25, -0.2) is 17.9 Å². The maximum Gasteiger partial charge on any atom is 0.335 e. The summed E-state index contributed by atoms with van der Waals surface area (Å²) in [4.78, 5) is 10.9. The first-order valence-corrected chi connectivity index (χ1v) is 6.85. The summed E-state index contributed by atoms with van der Waals surface area (Å²) in [5.74, 6) is -1.05. The molecule has 2 aromatic rings. The van der Waals surface area contributed by atoms with Gasteiger partial charge in [0.15, 0.2) is 9.84 Å². The van der Waals surface area contributed by atoms with Gasteiger partial charge in [-0.3, -0.25) is 0 Å². The lowest BCUT2D eigenvalue weighted by molar-refractivity contribution is 0.0697. The highest BCUT2D eigenvalue weighted by atomic mass is 32.2. The van der Waals surface area contributed by atoms with E-state index in [-0.39, 0.29) is 10.5 Å². The summed E-state index contributed by atoms with van der Waals surface area (Å²) in [6.07, 6.45) is 3.65. The first kappa shape index (κ1) is 12.3. The summed E-state index contributed by atoms with van der Waals surface area (Å²) in [6.45, 7) is 0. The molecule has 94 valence electrons. The Kier molecular flexibility index (Phi) is 2.92. The molecule has 1 heterocycles. The Morgan fingerprint density at radius 3 is 2.67 bits per heavy atom. The predicted molar refractivity (Wildman–Crippen MR) is 63.6 cm³/mol. The van der Waals surface area contributed by atoms with Crippen LogP contribution in [0.25, 0.3) is 5.69 Å². The van der Waals surface area contributed by atoms with Crippen LogP contribution in [0.4, 0.5) is 0 Å². The molecule has 0 bridgehead atoms. The van der Waals surface area contributed by atoms with Crippen molar-refractivity contribution < 1.29 is 18.3 Å². The average molecular weight is 266 g/mol. The van der Waals surface area contributed by atoms with Crippen molar-refractivity contribution in [3.63, 3.8) is 0 Å². The summed E-state index contributed by atoms with van der Waals surface area (Å²) < 4.78 is 23.9. The zero-order valence-electron chi connectivity index (χ0n) is 9.44. The molecular formula is C11H10N2O4S. The van der Waals surface area contributed by atoms with Crippen molar-refractivity contribution in [2.75, 3.05) is 6.26 Å². The fraction of sp³-hybridized carbons (Fsp3) is 0.0909. The summed E-state index contributed by atoms with van der Waals surface area (Å²) in [5.41, 5.74) is 0.605. The Labute approximate surface area is 103 Å². The van der Waals surface area contributed by atoms with Crippen molar-refractivity contribution in [3.8, 4) is 5.69 Å². The van der Waals surface area contributed by atoms with Crippen LogP contribution in [-0.4, -0.2) is 35.5 Å². The Morgan fingerprint density at radius 2 is 2.11 bits per heavy atom. The van der Waals surface area contributed by atoms with E-state index >= 15 is 0 Å². The number of hydrogen-bond donors (Lipinski definition) is 1. The van der Waals surface area contributed by atoms with E-state index in [1.807, 2.05) is 0 Å². The molecule has 0 unspecified atom stereocenters. The Morgan fingerprint density at radius 1 is 1.39 bits per heavy atom. The maximum absolute atomic E-state index is 11.3. The van der Waals surface area contributed by atoms with Crippen LogP contribution in [0, 0.1) is 0 Å². The first-order valence-electron chi connectivity index (χ1n) is 4.96. The highest BCUT2D eigenvalue weighted by molar-refractivity contribution is 7.90. The molecule has 0 fully saturated rings. The Hall–Kier alpha value is -2.15. The second-order valence-electron chi connectivity index (χ2n) is 3.75. The lowest BCUT2D eigenvalue weighted by atomic mass is 10.2. The van der Waals surface area contributed by atoms with Gasteiger partial charge in [0.1, 0.15) is 4.90 Å². The minimum absolute atomic E-state index is 0.0863. The molecule has 6 nitrogen and oxygen atoms in total. The van der Waals surface area contributed by atoms with Gasteiger partial charge in [-0.1, -0.05) is 6.07 Å². The summed E-state index contributed by atoms with van der Waals surface area (Å²) in [5, 5.41) is 12.8. The van der Waals surface area contributed by atoms with E-state index in [9.17, 15) is 13.2 Å². The van der Waals surface area contributed by atoms with E-state index in [2.05, 4.69) is 5.10 Å². The number of hydrogen-bond acceptors (Lipinski definition) is 4. The van der Waals surface area contributed by atoms with E-state index in [0.29, 0.717) is 5.69 Å². The number of sulfone groups is 1. The maximum atomic E-state index is 11.3. The van der Waals surface area contributed by atoms with Crippen LogP contribution in [0.15, 0.2) is 41.6 Å². The second-order valence-corrected chi connectivity index (χ2v) is 5.76. The number of carboxylic acids is 1. The minimum atomic E-state index is -3.32. The van der Waals surface area contributed by atoms with Crippen LogP contribution >= 0.6 is 0 Å². The quantitative estimate of drug-likeness (QED) is 0.894. The Balaban J connectivity index is 2.46. The van der Waals surface area contributed by atoms with Gasteiger partial charge in [-0.15, -0.1) is 0 Å². The molecule has 0 aliphatic carbocycles. The van der Waals surface area contributed by atoms with Gasteiger partial charge < -0.3 is 5.11 Å². The summed E-state index contributed by atoms with van der Waals surface area (Å²) in [6, 6.07) is 6.08. The standard InChI is InChI=1S/C11H10N2O4S/c1-18(16,17)10-6-12-13(7-10)9-4-2-3-8(5-9)11(14)15/h2-7H,1H3,(H,14,15). The molecule has 1 N–H and O–H groups in total. The molecule has 0 aliphatic heterocycles. The molecule has 7 heteroatoms. The number of carboxylic acid groups (broad SMARTS) is 1. The normalized spacial score (nSPS) is 11.4. The molecule has 0 saturated heterocycles. The van der Waals surface area contributed by atoms with Gasteiger partial charge in [-0.05, 0) is 18.2 Å². The average Bonchev–Trinajstić information content (AvgIpc) is 2.78. The SMILES string of the molecule is CS(=O)(=O)c1cnn(-c2cccc(C(=O)O)c2)c1. The van der Waals surface area contributed by atoms with Crippen LogP contribution in [0.1, 0.15) is 10.4 Å². The zero-order valence-corrected chi connectivity index (χ0v) is 10.3. The molecule has 0 atom stereocenters. The fourth-order valence-corrected chi connectivity index (χ4v) is 1.95. The van der Waals surface area contributed by atoms with Crippen molar-refractivity contribution in [2.24, 2.45) is 0 Å². The summed E-state index contributed by atoms with van der Waals surface area (Å²) in [7, 11) is -3.32. The van der Waals surface area contributed by atoms with E-state index in [1.165, 1.54) is 29.2 Å². The van der Waals surface area contributed by atoms with Gasteiger partial charge in [0.2, 0.25) is 0 Å². The van der Waals surface area contributed by atoms with Crippen LogP contribution in [0.2, 0.25) is 0 Å². The first-order chi connectivity index (χ1) is 8.38. The van der Waals surface area contributed by atoms with E-state index in [4.69, 9.17) is 5.11 Å². The molecule has 1 aromatic carbocycles. The smallest absolute Gasteiger partial charge is 0.335 e. The molecule has 1 aromatic heterocycles. The number of aromatic nitrogens is 2. The summed E-state index contributed by atoms with van der Waals surface area (Å²) >= 11 is 0. The minimum Gasteiger partial charge on any atom is -0.478 e. The number of benzene rings is 1. The molecule has 0 saturated carbocycles. The zero-order chi connectivity index (χ0) is 13.3. The molecule has 0 spiro atoms. The van der Waals surface area contributed by atoms with Gasteiger partial charge in [0.05, 0.1) is 17.4 Å². The monoisotopic (exact) mass is 266 g/mol. The lowest BCUT2D eigenvalue weighted by Gasteiger charge is -2.01. The molecule has 0 amide bonds. The van der Waals surface area contributed by atoms with Gasteiger partial charge in [0, 0.05) is 12.5 Å². The number of aromatic carboxylic acids is 1. The van der Waals surface area contributed by atoms with Gasteiger partial charge in [-0.2, -0.15) is 5.10 Å². The third kappa shape index (κ3) is 2.40. The van der Waals surface area contributed by atoms with E-state index < -0.39 is 15.8 Å². The molecule has 0 radical (unpaired) electrons. The topological polar surface area (TPSA) is 89.3 Å². The third-order valence-corrected chi connectivity index (χ3v) is 3.41. The number of nitrogens with zero attached hydrogens (tertiary/aromatic N) is 2. The number of carbonyl (C=O) groups is 1. The van der Waals surface area contributed by atoms with Crippen molar-refractivity contribution in [2.45, 2.75) is 4.90 Å². The Bertz CT molecular complexity index is 703. The van der Waals surface area contributed by atoms with Gasteiger partial charge in [0.25, 0.3) is 0 Å². The van der Waals surface area contributed by atoms with Crippen molar-refractivity contribution in [3.05, 3.63) is 42.2 Å². The van der Waals surface area contributed by atoms with Crippen molar-refractivity contribution >= 4 is 15.8 Å². The molecular weight excluding hydrogens is 256 g/mol. The van der Waals surface area contributed by atoms with Crippen LogP contribution in [-0.2, 0) is 9.84 Å². The van der Waals surface area contributed by atoms with Gasteiger partial charge >= 0.3 is 5.97 Å². The number of rotatable bonds is 3. The largest absolute Gasteiger partial charge is 0.478 e. The highest BCUT2D eigenvalue weighted by Gasteiger charge is 2.11. The van der Waals surface area contributed by atoms with Crippen LogP contribution in [0.3, 0.4) is 0 Å². The third-order valence-electron chi connectivity index (χ3n) is 2.34. The highest BCUT2D eigenvalue weighted by Crippen LogP contribution is 2.13. The van der Waals surface area contributed by atoms with Crippen LogP contribution in [0.5, 0.6) is 0 Å².